The number of aromatic nitrogens is 5. The monoisotopic (exact) mass is 552 g/mol. The van der Waals surface area contributed by atoms with Gasteiger partial charge in [0.1, 0.15) is 17.0 Å². The van der Waals surface area contributed by atoms with Gasteiger partial charge in [-0.2, -0.15) is 18.3 Å². The molecule has 0 aliphatic heterocycles. The van der Waals surface area contributed by atoms with Crippen LogP contribution in [0, 0.1) is 5.82 Å². The van der Waals surface area contributed by atoms with Crippen molar-refractivity contribution in [2.24, 2.45) is 0 Å². The number of para-hydroxylation sites is 1. The van der Waals surface area contributed by atoms with Crippen molar-refractivity contribution in [3.05, 3.63) is 100 Å². The minimum Gasteiger partial charge on any atom is -0.383 e. The lowest BCUT2D eigenvalue weighted by Crippen LogP contribution is -2.25. The van der Waals surface area contributed by atoms with Gasteiger partial charge in [-0.3, -0.25) is 4.79 Å². The molecule has 0 amide bonds. The number of anilines is 1. The molecule has 3 heterocycles. The molecule has 0 saturated carbocycles. The summed E-state index contributed by atoms with van der Waals surface area (Å²) in [6.45, 7) is 1.31. The number of ether oxygens (including phenoxy) is 1. The Morgan fingerprint density at radius 1 is 1.05 bits per heavy atom. The number of alkyl halides is 3. The van der Waals surface area contributed by atoms with Gasteiger partial charge in [-0.15, -0.1) is 0 Å². The van der Waals surface area contributed by atoms with Crippen LogP contribution < -0.4 is 10.5 Å². The van der Waals surface area contributed by atoms with Crippen molar-refractivity contribution >= 4 is 16.9 Å². The van der Waals surface area contributed by atoms with Crippen LogP contribution in [0.3, 0.4) is 0 Å². The van der Waals surface area contributed by atoms with E-state index in [2.05, 4.69) is 15.1 Å². The number of pyridine rings is 1. The maximum atomic E-state index is 14.9. The van der Waals surface area contributed by atoms with Crippen molar-refractivity contribution < 1.29 is 22.3 Å². The first-order chi connectivity index (χ1) is 19.2. The molecule has 12 heteroatoms. The molecule has 0 bridgehead atoms. The van der Waals surface area contributed by atoms with Crippen LogP contribution in [-0.4, -0.2) is 51.6 Å². The van der Waals surface area contributed by atoms with E-state index in [0.717, 1.165) is 12.1 Å². The summed E-state index contributed by atoms with van der Waals surface area (Å²) in [6, 6.07) is 13.5. The Bertz CT molecular complexity index is 1710. The van der Waals surface area contributed by atoms with E-state index in [1.807, 2.05) is 11.9 Å². The Morgan fingerprint density at radius 2 is 1.82 bits per heavy atom. The average molecular weight is 553 g/mol. The van der Waals surface area contributed by atoms with Crippen LogP contribution in [0.25, 0.3) is 27.8 Å². The molecule has 8 nitrogen and oxygen atoms in total. The summed E-state index contributed by atoms with van der Waals surface area (Å²) >= 11 is 0. The quantitative estimate of drug-likeness (QED) is 0.254. The fraction of sp³-hybridized carbons (Fsp3) is 0.214. The molecular weight excluding hydrogens is 528 g/mol. The Labute approximate surface area is 226 Å². The van der Waals surface area contributed by atoms with E-state index in [1.54, 1.807) is 37.7 Å². The molecule has 5 rings (SSSR count). The Balaban J connectivity index is 1.48. The standard InChI is InChI=1S/C28H24F4N6O2/c1-36(14-15-40-2)27-33-12-10-20(34-27)17-37-13-11-18(16-24(37)39)25-22-4-3-5-23(29)26(22)38(35-25)21-8-6-19(7-9-21)28(30,31)32/h3-13,16H,14-15,17H2,1-2H3. The van der Waals surface area contributed by atoms with E-state index in [9.17, 15) is 22.4 Å². The number of nitrogens with zero attached hydrogens (tertiary/aromatic N) is 6. The molecule has 206 valence electrons. The van der Waals surface area contributed by atoms with Crippen LogP contribution in [0.4, 0.5) is 23.5 Å². The first kappa shape index (κ1) is 27.0. The van der Waals surface area contributed by atoms with Gasteiger partial charge in [0.25, 0.3) is 5.56 Å². The lowest BCUT2D eigenvalue weighted by Gasteiger charge is -2.17. The highest BCUT2D eigenvalue weighted by Gasteiger charge is 2.30. The van der Waals surface area contributed by atoms with Gasteiger partial charge < -0.3 is 14.2 Å². The average Bonchev–Trinajstić information content (AvgIpc) is 3.33. The van der Waals surface area contributed by atoms with Gasteiger partial charge >= 0.3 is 6.18 Å². The number of hydrogen-bond donors (Lipinski definition) is 0. The first-order valence-electron chi connectivity index (χ1n) is 12.2. The smallest absolute Gasteiger partial charge is 0.383 e. The number of benzene rings is 2. The van der Waals surface area contributed by atoms with Crippen molar-refractivity contribution in [2.75, 3.05) is 32.2 Å². The summed E-state index contributed by atoms with van der Waals surface area (Å²) < 4.78 is 61.9. The Kier molecular flexibility index (Phi) is 7.35. The summed E-state index contributed by atoms with van der Waals surface area (Å²) in [5.41, 5.74) is 0.565. The third-order valence-corrected chi connectivity index (χ3v) is 6.37. The zero-order valence-corrected chi connectivity index (χ0v) is 21.6. The van der Waals surface area contributed by atoms with Crippen molar-refractivity contribution in [1.82, 2.24) is 24.3 Å². The fourth-order valence-corrected chi connectivity index (χ4v) is 4.26. The zero-order valence-electron chi connectivity index (χ0n) is 21.6. The van der Waals surface area contributed by atoms with E-state index in [-0.39, 0.29) is 23.3 Å². The molecule has 2 aromatic carbocycles. The highest BCUT2D eigenvalue weighted by molar-refractivity contribution is 5.94. The first-order valence-corrected chi connectivity index (χ1v) is 12.2. The van der Waals surface area contributed by atoms with Gasteiger partial charge in [-0.05, 0) is 42.5 Å². The van der Waals surface area contributed by atoms with Crippen LogP contribution in [0.15, 0.2) is 77.9 Å². The van der Waals surface area contributed by atoms with Gasteiger partial charge in [0.2, 0.25) is 5.95 Å². The summed E-state index contributed by atoms with van der Waals surface area (Å²) in [4.78, 5) is 23.7. The molecule has 0 radical (unpaired) electrons. The van der Waals surface area contributed by atoms with Gasteiger partial charge in [0.15, 0.2) is 0 Å². The number of hydrogen-bond acceptors (Lipinski definition) is 6. The molecule has 3 aromatic heterocycles. The van der Waals surface area contributed by atoms with E-state index in [4.69, 9.17) is 4.74 Å². The van der Waals surface area contributed by atoms with Crippen LogP contribution in [0.5, 0.6) is 0 Å². The van der Waals surface area contributed by atoms with Crippen molar-refractivity contribution in [3.8, 4) is 16.9 Å². The number of fused-ring (bicyclic) bond motifs is 1. The molecule has 40 heavy (non-hydrogen) atoms. The molecule has 0 aliphatic carbocycles. The van der Waals surface area contributed by atoms with Crippen molar-refractivity contribution in [3.63, 3.8) is 0 Å². The molecular formula is C28H24F4N6O2. The molecule has 0 fully saturated rings. The predicted octanol–water partition coefficient (Wildman–Crippen LogP) is 4.93. The van der Waals surface area contributed by atoms with Gasteiger partial charge in [0.05, 0.1) is 30.1 Å². The van der Waals surface area contributed by atoms with E-state index in [1.165, 1.54) is 39.6 Å². The molecule has 0 saturated heterocycles. The second kappa shape index (κ2) is 10.9. The highest BCUT2D eigenvalue weighted by Crippen LogP contribution is 2.33. The van der Waals surface area contributed by atoms with Crippen molar-refractivity contribution in [1.29, 1.82) is 0 Å². The van der Waals surface area contributed by atoms with Crippen LogP contribution >= 0.6 is 0 Å². The number of likely N-dealkylation sites (N-methyl/N-ethyl adjacent to an activating group) is 1. The molecule has 5 aromatic rings. The predicted molar refractivity (Wildman–Crippen MR) is 142 cm³/mol. The summed E-state index contributed by atoms with van der Waals surface area (Å²) in [7, 11) is 3.45. The second-order valence-corrected chi connectivity index (χ2v) is 9.08. The summed E-state index contributed by atoms with van der Waals surface area (Å²) in [5.74, 6) is -0.0963. The van der Waals surface area contributed by atoms with Crippen LogP contribution in [-0.2, 0) is 17.5 Å². The van der Waals surface area contributed by atoms with Gasteiger partial charge in [-0.1, -0.05) is 12.1 Å². The van der Waals surface area contributed by atoms with Crippen LogP contribution in [0.2, 0.25) is 0 Å². The molecule has 0 N–H and O–H groups in total. The maximum Gasteiger partial charge on any atom is 0.416 e. The third kappa shape index (κ3) is 5.43. The minimum atomic E-state index is -4.50. The number of halogens is 4. The fourth-order valence-electron chi connectivity index (χ4n) is 4.26. The molecule has 0 aliphatic rings. The van der Waals surface area contributed by atoms with Crippen LogP contribution in [0.1, 0.15) is 11.3 Å². The molecule has 0 unspecified atom stereocenters. The van der Waals surface area contributed by atoms with Gasteiger partial charge in [0, 0.05) is 50.1 Å². The SMILES string of the molecule is COCCN(C)c1nccc(Cn2ccc(-c3nn(-c4ccc(C(F)(F)F)cc4)c4c(F)cccc34)cc2=O)n1. The van der Waals surface area contributed by atoms with Gasteiger partial charge in [-0.25, -0.2) is 19.0 Å². The molecule has 0 spiro atoms. The minimum absolute atomic E-state index is 0.0903. The lowest BCUT2D eigenvalue weighted by molar-refractivity contribution is -0.137. The number of methoxy groups -OCH3 is 1. The highest BCUT2D eigenvalue weighted by atomic mass is 19.4. The summed E-state index contributed by atoms with van der Waals surface area (Å²) in [6.07, 6.45) is -1.29. The largest absolute Gasteiger partial charge is 0.416 e. The topological polar surface area (TPSA) is 78.1 Å². The number of rotatable bonds is 8. The maximum absolute atomic E-state index is 14.9. The van der Waals surface area contributed by atoms with E-state index < -0.39 is 17.6 Å². The zero-order chi connectivity index (χ0) is 28.4. The van der Waals surface area contributed by atoms with E-state index >= 15 is 0 Å². The van der Waals surface area contributed by atoms with E-state index in [0.29, 0.717) is 41.4 Å². The Morgan fingerprint density at radius 3 is 2.52 bits per heavy atom. The second-order valence-electron chi connectivity index (χ2n) is 9.08. The van der Waals surface area contributed by atoms with Crippen molar-refractivity contribution in [2.45, 2.75) is 12.7 Å². The molecule has 0 atom stereocenters. The Hall–Kier alpha value is -4.58. The summed E-state index contributed by atoms with van der Waals surface area (Å²) in [5, 5.41) is 4.92. The third-order valence-electron chi connectivity index (χ3n) is 6.37. The lowest BCUT2D eigenvalue weighted by atomic mass is 10.1. The normalized spacial score (nSPS) is 11.8.